The smallest absolute Gasteiger partial charge is 0.438 e. The van der Waals surface area contributed by atoms with Crippen molar-refractivity contribution in [3.05, 3.63) is 0 Å². The highest BCUT2D eigenvalue weighted by atomic mass is 31.2. The zero-order valence-electron chi connectivity index (χ0n) is 12.5. The maximum Gasteiger partial charge on any atom is 0.493 e. The Hall–Kier alpha value is -1.60. The van der Waals surface area contributed by atoms with Gasteiger partial charge in [-0.3, -0.25) is 19.7 Å². The number of guanidine groups is 1. The maximum absolute atomic E-state index is 12.1. The van der Waals surface area contributed by atoms with Crippen LogP contribution in [0.2, 0.25) is 0 Å². The van der Waals surface area contributed by atoms with Crippen LogP contribution >= 0.6 is 7.75 Å². The molecule has 0 spiro atoms. The van der Waals surface area contributed by atoms with Crippen LogP contribution in [-0.2, 0) is 27.9 Å². The predicted molar refractivity (Wildman–Crippen MR) is 76.2 cm³/mol. The van der Waals surface area contributed by atoms with Crippen molar-refractivity contribution in [2.24, 2.45) is 10.7 Å². The molecule has 122 valence electrons. The van der Waals surface area contributed by atoms with Crippen LogP contribution in [0.5, 0.6) is 0 Å². The van der Waals surface area contributed by atoms with Crippen LogP contribution in [0.25, 0.3) is 0 Å². The summed E-state index contributed by atoms with van der Waals surface area (Å²) in [4.78, 5) is 25.7. The SMILES string of the molecule is CCCCCC(=O)OCOP(=O)(NC(N)=NC)OC(C)=O. The van der Waals surface area contributed by atoms with E-state index in [-0.39, 0.29) is 12.4 Å². The molecule has 0 aliphatic rings. The first-order valence-electron chi connectivity index (χ1n) is 6.44. The van der Waals surface area contributed by atoms with E-state index in [1.807, 2.05) is 6.92 Å². The molecule has 0 rings (SSSR count). The molecule has 10 heteroatoms. The van der Waals surface area contributed by atoms with Crippen LogP contribution < -0.4 is 10.8 Å². The summed E-state index contributed by atoms with van der Waals surface area (Å²) < 4.78 is 26.2. The molecule has 9 nitrogen and oxygen atoms in total. The molecule has 0 aliphatic carbocycles. The van der Waals surface area contributed by atoms with Gasteiger partial charge in [-0.15, -0.1) is 0 Å². The second-order valence-corrected chi connectivity index (χ2v) is 5.68. The fraction of sp³-hybridized carbons (Fsp3) is 0.727. The molecule has 0 aromatic carbocycles. The van der Waals surface area contributed by atoms with Gasteiger partial charge in [0.15, 0.2) is 5.96 Å². The number of aliphatic imine (C=N–C) groups is 1. The average Bonchev–Trinajstić information content (AvgIpc) is 2.37. The minimum Gasteiger partial charge on any atom is -0.438 e. The Morgan fingerprint density at radius 3 is 2.52 bits per heavy atom. The van der Waals surface area contributed by atoms with E-state index in [9.17, 15) is 14.2 Å². The van der Waals surface area contributed by atoms with Crippen molar-refractivity contribution in [1.29, 1.82) is 0 Å². The normalized spacial score (nSPS) is 14.1. The molecule has 0 aromatic rings. The van der Waals surface area contributed by atoms with Gasteiger partial charge in [-0.2, -0.15) is 0 Å². The van der Waals surface area contributed by atoms with Gasteiger partial charge in [-0.25, -0.2) is 9.09 Å². The summed E-state index contributed by atoms with van der Waals surface area (Å²) >= 11 is 0. The van der Waals surface area contributed by atoms with Gasteiger partial charge in [0.1, 0.15) is 0 Å². The minimum absolute atomic E-state index is 0.237. The van der Waals surface area contributed by atoms with Gasteiger partial charge in [0.2, 0.25) is 6.79 Å². The molecular weight excluding hydrogens is 301 g/mol. The number of nitrogens with zero attached hydrogens (tertiary/aromatic N) is 1. The fourth-order valence-electron chi connectivity index (χ4n) is 1.19. The minimum atomic E-state index is -4.07. The van der Waals surface area contributed by atoms with Gasteiger partial charge in [0.05, 0.1) is 0 Å². The monoisotopic (exact) mass is 323 g/mol. The maximum atomic E-state index is 12.1. The third kappa shape index (κ3) is 9.86. The van der Waals surface area contributed by atoms with Crippen molar-refractivity contribution in [3.8, 4) is 0 Å². The third-order valence-corrected chi connectivity index (χ3v) is 3.61. The van der Waals surface area contributed by atoms with E-state index in [0.29, 0.717) is 6.42 Å². The second-order valence-electron chi connectivity index (χ2n) is 4.02. The van der Waals surface area contributed by atoms with Gasteiger partial charge >= 0.3 is 19.7 Å². The molecule has 0 aromatic heterocycles. The van der Waals surface area contributed by atoms with Crippen LogP contribution in [0.4, 0.5) is 0 Å². The largest absolute Gasteiger partial charge is 0.493 e. The molecular formula is C11H22N3O6P. The van der Waals surface area contributed by atoms with E-state index in [1.54, 1.807) is 0 Å². The lowest BCUT2D eigenvalue weighted by molar-refractivity contribution is -0.150. The number of esters is 1. The Kier molecular flexibility index (Phi) is 9.40. The van der Waals surface area contributed by atoms with E-state index in [4.69, 9.17) is 15.0 Å². The summed E-state index contributed by atoms with van der Waals surface area (Å²) in [5.41, 5.74) is 5.33. The zero-order chi connectivity index (χ0) is 16.3. The molecule has 1 unspecified atom stereocenters. The van der Waals surface area contributed by atoms with Crippen LogP contribution in [0, 0.1) is 0 Å². The van der Waals surface area contributed by atoms with E-state index >= 15 is 0 Å². The van der Waals surface area contributed by atoms with E-state index in [2.05, 4.69) is 14.6 Å². The Balaban J connectivity index is 4.33. The first-order chi connectivity index (χ1) is 9.83. The van der Waals surface area contributed by atoms with Crippen LogP contribution in [-0.4, -0.2) is 31.7 Å². The number of unbranched alkanes of at least 4 members (excludes halogenated alkanes) is 2. The highest BCUT2D eigenvalue weighted by Gasteiger charge is 2.29. The topological polar surface area (TPSA) is 129 Å². The summed E-state index contributed by atoms with van der Waals surface area (Å²) in [6.45, 7) is 2.43. The fourth-order valence-corrected chi connectivity index (χ4v) is 2.27. The Labute approximate surface area is 123 Å². The number of hydrogen-bond donors (Lipinski definition) is 2. The molecule has 0 aliphatic heterocycles. The van der Waals surface area contributed by atoms with Crippen molar-refractivity contribution in [1.82, 2.24) is 5.09 Å². The first kappa shape index (κ1) is 19.4. The number of ether oxygens (including phenoxy) is 1. The lowest BCUT2D eigenvalue weighted by Gasteiger charge is -2.17. The zero-order valence-corrected chi connectivity index (χ0v) is 13.4. The molecule has 0 heterocycles. The van der Waals surface area contributed by atoms with Gasteiger partial charge in [0.25, 0.3) is 0 Å². The average molecular weight is 323 g/mol. The van der Waals surface area contributed by atoms with Gasteiger partial charge in [0, 0.05) is 20.4 Å². The van der Waals surface area contributed by atoms with Gasteiger partial charge in [-0.05, 0) is 6.42 Å². The predicted octanol–water partition coefficient (Wildman–Crippen LogP) is 1.29. The number of carbonyl (C=O) groups is 2. The summed E-state index contributed by atoms with van der Waals surface area (Å²) in [5.74, 6) is -1.58. The lowest BCUT2D eigenvalue weighted by atomic mass is 10.2. The molecule has 21 heavy (non-hydrogen) atoms. The molecule has 0 radical (unpaired) electrons. The standard InChI is InChI=1S/C11H22N3O6P/c1-4-5-6-7-10(16)18-8-19-21(17,20-9(2)15)14-11(12)13-3/h4-8H2,1-3H3,(H3,12,13,14,17). The summed E-state index contributed by atoms with van der Waals surface area (Å²) in [6.07, 6.45) is 2.82. The Morgan fingerprint density at radius 1 is 1.33 bits per heavy atom. The summed E-state index contributed by atoms with van der Waals surface area (Å²) in [6, 6.07) is 0. The van der Waals surface area contributed by atoms with Crippen molar-refractivity contribution in [3.63, 3.8) is 0 Å². The van der Waals surface area contributed by atoms with Crippen molar-refractivity contribution < 1.29 is 27.9 Å². The van der Waals surface area contributed by atoms with E-state index in [0.717, 1.165) is 19.8 Å². The van der Waals surface area contributed by atoms with Crippen molar-refractivity contribution >= 4 is 25.6 Å². The number of rotatable bonds is 9. The molecule has 3 N–H and O–H groups in total. The summed E-state index contributed by atoms with van der Waals surface area (Å²) in [7, 11) is -2.73. The first-order valence-corrected chi connectivity index (χ1v) is 7.98. The lowest BCUT2D eigenvalue weighted by Crippen LogP contribution is -2.31. The molecule has 0 fully saturated rings. The highest BCUT2D eigenvalue weighted by molar-refractivity contribution is 7.53. The van der Waals surface area contributed by atoms with Crippen molar-refractivity contribution in [2.75, 3.05) is 13.8 Å². The van der Waals surface area contributed by atoms with Crippen LogP contribution in [0.15, 0.2) is 4.99 Å². The number of hydrogen-bond acceptors (Lipinski definition) is 7. The quantitative estimate of drug-likeness (QED) is 0.162. The van der Waals surface area contributed by atoms with Crippen LogP contribution in [0.3, 0.4) is 0 Å². The molecule has 0 saturated carbocycles. The van der Waals surface area contributed by atoms with Crippen molar-refractivity contribution in [2.45, 2.75) is 39.5 Å². The van der Waals surface area contributed by atoms with Crippen LogP contribution in [0.1, 0.15) is 39.5 Å². The number of nitrogens with two attached hydrogens (primary N) is 1. The van der Waals surface area contributed by atoms with E-state index in [1.165, 1.54) is 7.05 Å². The molecule has 0 bridgehead atoms. The van der Waals surface area contributed by atoms with E-state index < -0.39 is 26.5 Å². The Bertz CT molecular complexity index is 426. The summed E-state index contributed by atoms with van der Waals surface area (Å²) in [5, 5.41) is 2.13. The number of nitrogens with one attached hydrogen (secondary N) is 1. The molecule has 0 amide bonds. The molecule has 1 atom stereocenters. The van der Waals surface area contributed by atoms with Gasteiger partial charge < -0.3 is 15.0 Å². The third-order valence-electron chi connectivity index (χ3n) is 2.17. The Morgan fingerprint density at radius 2 is 2.00 bits per heavy atom. The van der Waals surface area contributed by atoms with Gasteiger partial charge in [-0.1, -0.05) is 19.8 Å². The second kappa shape index (κ2) is 10.2. The highest BCUT2D eigenvalue weighted by Crippen LogP contribution is 2.43. The molecule has 0 saturated heterocycles. The number of carbonyl (C=O) groups excluding carboxylic acids is 2.